The summed E-state index contributed by atoms with van der Waals surface area (Å²) in [6.07, 6.45) is 1.76. The number of hydrogen-bond donors (Lipinski definition) is 1. The second kappa shape index (κ2) is 4.57. The van der Waals surface area contributed by atoms with Crippen LogP contribution in [0.5, 0.6) is 0 Å². The number of carbonyl (C=O) groups excluding carboxylic acids is 1. The molecule has 1 atom stereocenters. The fourth-order valence-corrected chi connectivity index (χ4v) is 1.65. The first kappa shape index (κ1) is 13.2. The van der Waals surface area contributed by atoms with Gasteiger partial charge in [0.2, 0.25) is 0 Å². The van der Waals surface area contributed by atoms with Crippen LogP contribution in [-0.2, 0) is 7.05 Å². The molecule has 0 aromatic carbocycles. The van der Waals surface area contributed by atoms with Crippen molar-refractivity contribution in [2.24, 2.45) is 12.5 Å². The first-order valence-electron chi connectivity index (χ1n) is 5.22. The minimum Gasteiger partial charge on any atom is -0.348 e. The molecule has 1 heterocycles. The molecule has 0 saturated carbocycles. The van der Waals surface area contributed by atoms with Crippen LogP contribution in [-0.4, -0.2) is 21.7 Å². The third-order valence-corrected chi connectivity index (χ3v) is 3.23. The largest absolute Gasteiger partial charge is 0.348 e. The van der Waals surface area contributed by atoms with Gasteiger partial charge in [-0.25, -0.2) is 0 Å². The average molecular weight is 288 g/mol. The van der Waals surface area contributed by atoms with E-state index in [9.17, 15) is 4.79 Å². The highest BCUT2D eigenvalue weighted by molar-refractivity contribution is 9.10. The fraction of sp³-hybridized carbons (Fsp3) is 0.636. The van der Waals surface area contributed by atoms with E-state index in [4.69, 9.17) is 0 Å². The van der Waals surface area contributed by atoms with Crippen LogP contribution in [0.15, 0.2) is 10.7 Å². The molecular weight excluding hydrogens is 270 g/mol. The van der Waals surface area contributed by atoms with E-state index in [0.717, 1.165) is 0 Å². The topological polar surface area (TPSA) is 46.9 Å². The first-order chi connectivity index (χ1) is 7.21. The van der Waals surface area contributed by atoms with Crippen molar-refractivity contribution in [1.82, 2.24) is 15.1 Å². The van der Waals surface area contributed by atoms with E-state index in [0.29, 0.717) is 10.2 Å². The minimum atomic E-state index is -0.144. The number of rotatable bonds is 2. The van der Waals surface area contributed by atoms with Crippen LogP contribution in [0.2, 0.25) is 0 Å². The van der Waals surface area contributed by atoms with E-state index in [1.54, 1.807) is 17.9 Å². The van der Waals surface area contributed by atoms with Gasteiger partial charge in [-0.3, -0.25) is 9.48 Å². The van der Waals surface area contributed by atoms with Gasteiger partial charge in [-0.05, 0) is 28.3 Å². The summed E-state index contributed by atoms with van der Waals surface area (Å²) in [5.74, 6) is -0.144. The second-order valence-corrected chi connectivity index (χ2v) is 5.91. The Morgan fingerprint density at radius 3 is 2.50 bits per heavy atom. The molecule has 1 N–H and O–H groups in total. The van der Waals surface area contributed by atoms with Crippen LogP contribution in [0.4, 0.5) is 0 Å². The number of carbonyl (C=O) groups is 1. The first-order valence-corrected chi connectivity index (χ1v) is 6.01. The molecule has 0 aliphatic carbocycles. The lowest BCUT2D eigenvalue weighted by atomic mass is 9.88. The monoisotopic (exact) mass is 287 g/mol. The summed E-state index contributed by atoms with van der Waals surface area (Å²) >= 11 is 3.31. The molecule has 4 nitrogen and oxygen atoms in total. The molecule has 1 aromatic rings. The van der Waals surface area contributed by atoms with E-state index in [1.807, 2.05) is 6.92 Å². The van der Waals surface area contributed by atoms with E-state index >= 15 is 0 Å². The Balaban J connectivity index is 2.77. The van der Waals surface area contributed by atoms with Crippen molar-refractivity contribution in [1.29, 1.82) is 0 Å². The molecular formula is C11H18BrN3O. The van der Waals surface area contributed by atoms with Gasteiger partial charge in [0.25, 0.3) is 5.91 Å². The maximum absolute atomic E-state index is 11.9. The Labute approximate surface area is 105 Å². The zero-order valence-electron chi connectivity index (χ0n) is 10.3. The van der Waals surface area contributed by atoms with Crippen LogP contribution < -0.4 is 5.32 Å². The van der Waals surface area contributed by atoms with E-state index in [2.05, 4.69) is 47.1 Å². The van der Waals surface area contributed by atoms with Crippen LogP contribution >= 0.6 is 15.9 Å². The summed E-state index contributed by atoms with van der Waals surface area (Å²) in [7, 11) is 1.79. The Morgan fingerprint density at radius 1 is 1.56 bits per heavy atom. The fourth-order valence-electron chi connectivity index (χ4n) is 1.09. The van der Waals surface area contributed by atoms with Crippen molar-refractivity contribution in [3.8, 4) is 0 Å². The summed E-state index contributed by atoms with van der Waals surface area (Å²) in [6, 6.07) is 0.0916. The lowest BCUT2D eigenvalue weighted by Gasteiger charge is -2.27. The van der Waals surface area contributed by atoms with Gasteiger partial charge in [-0.2, -0.15) is 5.10 Å². The SMILES string of the molecule is C[C@H](NC(=O)c1nn(C)cc1Br)C(C)(C)C. The molecule has 16 heavy (non-hydrogen) atoms. The Morgan fingerprint density at radius 2 is 2.12 bits per heavy atom. The maximum Gasteiger partial charge on any atom is 0.273 e. The Kier molecular flexibility index (Phi) is 3.78. The summed E-state index contributed by atoms with van der Waals surface area (Å²) < 4.78 is 2.33. The van der Waals surface area contributed by atoms with Gasteiger partial charge in [0.1, 0.15) is 0 Å². The summed E-state index contributed by atoms with van der Waals surface area (Å²) in [5, 5.41) is 7.05. The lowest BCUT2D eigenvalue weighted by Crippen LogP contribution is -2.41. The molecule has 1 amide bonds. The van der Waals surface area contributed by atoms with Crippen molar-refractivity contribution >= 4 is 21.8 Å². The molecule has 1 rings (SSSR count). The van der Waals surface area contributed by atoms with Crippen molar-refractivity contribution in [2.45, 2.75) is 33.7 Å². The van der Waals surface area contributed by atoms with Crippen LogP contribution in [0.1, 0.15) is 38.2 Å². The van der Waals surface area contributed by atoms with Crippen molar-refractivity contribution in [3.05, 3.63) is 16.4 Å². The second-order valence-electron chi connectivity index (χ2n) is 5.06. The normalized spacial score (nSPS) is 13.6. The molecule has 0 aliphatic rings. The van der Waals surface area contributed by atoms with Crippen LogP contribution in [0, 0.1) is 5.41 Å². The molecule has 5 heteroatoms. The minimum absolute atomic E-state index is 0.0386. The Hall–Kier alpha value is -0.840. The third-order valence-electron chi connectivity index (χ3n) is 2.65. The standard InChI is InChI=1S/C11H18BrN3O/c1-7(11(2,3)4)13-10(16)9-8(12)6-15(5)14-9/h6-7H,1-5H3,(H,13,16)/t7-/m0/s1. The van der Waals surface area contributed by atoms with E-state index in [1.165, 1.54) is 0 Å². The van der Waals surface area contributed by atoms with Crippen molar-refractivity contribution < 1.29 is 4.79 Å². The number of aryl methyl sites for hydroxylation is 1. The average Bonchev–Trinajstić information content (AvgIpc) is 2.43. The van der Waals surface area contributed by atoms with Gasteiger partial charge in [-0.1, -0.05) is 20.8 Å². The third kappa shape index (κ3) is 3.07. The van der Waals surface area contributed by atoms with Crippen molar-refractivity contribution in [3.63, 3.8) is 0 Å². The van der Waals surface area contributed by atoms with Gasteiger partial charge in [0, 0.05) is 19.3 Å². The lowest BCUT2D eigenvalue weighted by molar-refractivity contribution is 0.0903. The van der Waals surface area contributed by atoms with E-state index < -0.39 is 0 Å². The number of halogens is 1. The van der Waals surface area contributed by atoms with E-state index in [-0.39, 0.29) is 17.4 Å². The zero-order valence-corrected chi connectivity index (χ0v) is 11.9. The molecule has 1 aromatic heterocycles. The predicted octanol–water partition coefficient (Wildman–Crippen LogP) is 2.35. The molecule has 0 aliphatic heterocycles. The molecule has 90 valence electrons. The highest BCUT2D eigenvalue weighted by Gasteiger charge is 2.24. The van der Waals surface area contributed by atoms with Gasteiger partial charge in [0.05, 0.1) is 4.47 Å². The van der Waals surface area contributed by atoms with Crippen molar-refractivity contribution in [2.75, 3.05) is 0 Å². The van der Waals surface area contributed by atoms with Gasteiger partial charge in [-0.15, -0.1) is 0 Å². The smallest absolute Gasteiger partial charge is 0.273 e. The summed E-state index contributed by atoms with van der Waals surface area (Å²) in [5.41, 5.74) is 0.468. The number of amides is 1. The summed E-state index contributed by atoms with van der Waals surface area (Å²) in [6.45, 7) is 8.26. The van der Waals surface area contributed by atoms with Gasteiger partial charge in [0.15, 0.2) is 5.69 Å². The summed E-state index contributed by atoms with van der Waals surface area (Å²) in [4.78, 5) is 11.9. The van der Waals surface area contributed by atoms with Crippen LogP contribution in [0.3, 0.4) is 0 Å². The highest BCUT2D eigenvalue weighted by atomic mass is 79.9. The Bertz CT molecular complexity index is 392. The molecule has 0 fully saturated rings. The molecule has 0 saturated heterocycles. The van der Waals surface area contributed by atoms with Crippen LogP contribution in [0.25, 0.3) is 0 Å². The molecule has 0 radical (unpaired) electrons. The number of hydrogen-bond acceptors (Lipinski definition) is 2. The number of nitrogens with one attached hydrogen (secondary N) is 1. The van der Waals surface area contributed by atoms with Gasteiger partial charge >= 0.3 is 0 Å². The predicted molar refractivity (Wildman–Crippen MR) is 67.3 cm³/mol. The highest BCUT2D eigenvalue weighted by Crippen LogP contribution is 2.20. The molecule has 0 bridgehead atoms. The number of aromatic nitrogens is 2. The van der Waals surface area contributed by atoms with Gasteiger partial charge < -0.3 is 5.32 Å². The number of nitrogens with zero attached hydrogens (tertiary/aromatic N) is 2. The maximum atomic E-state index is 11.9. The molecule has 0 unspecified atom stereocenters. The quantitative estimate of drug-likeness (QED) is 0.908. The zero-order chi connectivity index (χ0) is 12.5. The molecule has 0 spiro atoms.